The summed E-state index contributed by atoms with van der Waals surface area (Å²) in [4.78, 5) is 0. The highest BCUT2D eigenvalue weighted by Gasteiger charge is 2.32. The zero-order chi connectivity index (χ0) is 20.6. The fourth-order valence-corrected chi connectivity index (χ4v) is 5.57. The topological polar surface area (TPSA) is 9.23 Å². The van der Waals surface area contributed by atoms with Crippen molar-refractivity contribution in [1.82, 2.24) is 0 Å². The van der Waals surface area contributed by atoms with Gasteiger partial charge < -0.3 is 4.74 Å². The van der Waals surface area contributed by atoms with Gasteiger partial charge in [-0.2, -0.15) is 4.39 Å². The predicted molar refractivity (Wildman–Crippen MR) is 116 cm³/mol. The van der Waals surface area contributed by atoms with Crippen molar-refractivity contribution in [3.63, 3.8) is 0 Å². The van der Waals surface area contributed by atoms with Crippen LogP contribution < -0.4 is 4.74 Å². The van der Waals surface area contributed by atoms with Crippen molar-refractivity contribution >= 4 is 0 Å². The van der Waals surface area contributed by atoms with Crippen LogP contribution in [-0.2, 0) is 0 Å². The quantitative estimate of drug-likeness (QED) is 0.394. The number of rotatable bonds is 8. The molecule has 0 N–H and O–H groups in total. The van der Waals surface area contributed by atoms with Crippen LogP contribution in [0.25, 0.3) is 0 Å². The zero-order valence-corrected chi connectivity index (χ0v) is 18.3. The van der Waals surface area contributed by atoms with E-state index in [4.69, 9.17) is 4.74 Å². The summed E-state index contributed by atoms with van der Waals surface area (Å²) in [5, 5.41) is 0. The molecule has 0 heterocycles. The molecule has 3 heteroatoms. The normalized spacial score (nSPS) is 28.0. The molecule has 2 fully saturated rings. The van der Waals surface area contributed by atoms with Gasteiger partial charge >= 0.3 is 0 Å². The maximum absolute atomic E-state index is 14.7. The molecule has 1 aromatic rings. The first-order chi connectivity index (χ1) is 14.1. The monoisotopic (exact) mass is 404 g/mol. The van der Waals surface area contributed by atoms with Gasteiger partial charge in [0, 0.05) is 0 Å². The van der Waals surface area contributed by atoms with Gasteiger partial charge in [-0.3, -0.25) is 0 Å². The molecule has 0 saturated heterocycles. The Labute approximate surface area is 175 Å². The Bertz CT molecular complexity index is 653. The van der Waals surface area contributed by atoms with Gasteiger partial charge in [0.15, 0.2) is 11.6 Å². The van der Waals surface area contributed by atoms with Gasteiger partial charge in [0.25, 0.3) is 0 Å². The van der Waals surface area contributed by atoms with Gasteiger partial charge in [-0.15, -0.1) is 0 Å². The summed E-state index contributed by atoms with van der Waals surface area (Å²) in [5.41, 5.74) is 0.539. The van der Waals surface area contributed by atoms with Crippen molar-refractivity contribution in [3.05, 3.63) is 41.7 Å². The molecule has 0 radical (unpaired) electrons. The fraction of sp³-hybridized carbons (Fsp3) is 0.692. The molecule has 0 aliphatic heterocycles. The smallest absolute Gasteiger partial charge is 0.201 e. The second-order valence-electron chi connectivity index (χ2n) is 9.24. The third kappa shape index (κ3) is 5.83. The Morgan fingerprint density at radius 1 is 0.862 bits per heavy atom. The molecule has 0 aromatic heterocycles. The number of benzene rings is 1. The lowest BCUT2D eigenvalue weighted by Gasteiger charge is -2.38. The van der Waals surface area contributed by atoms with E-state index in [9.17, 15) is 8.78 Å². The maximum atomic E-state index is 14.7. The van der Waals surface area contributed by atoms with E-state index < -0.39 is 11.6 Å². The molecular weight excluding hydrogens is 366 g/mol. The second-order valence-corrected chi connectivity index (χ2v) is 9.24. The van der Waals surface area contributed by atoms with Gasteiger partial charge in [0.05, 0.1) is 6.26 Å². The minimum absolute atomic E-state index is 0.0175. The molecule has 29 heavy (non-hydrogen) atoms. The standard InChI is InChI=1S/C26H38F2O/c1-3-5-6-18-29-24-17-16-23(25(27)26(24)28)22-14-12-21(13-15-22)20-10-8-19(7-4-2)9-11-20/h6,16-22H,3-5,7-15H2,1-2H3. The predicted octanol–water partition coefficient (Wildman–Crippen LogP) is 8.54. The van der Waals surface area contributed by atoms with E-state index in [1.165, 1.54) is 44.8 Å². The lowest BCUT2D eigenvalue weighted by atomic mass is 9.68. The van der Waals surface area contributed by atoms with Crippen molar-refractivity contribution in [2.75, 3.05) is 0 Å². The van der Waals surface area contributed by atoms with Crippen LogP contribution in [0.5, 0.6) is 5.75 Å². The lowest BCUT2D eigenvalue weighted by Crippen LogP contribution is -2.25. The number of halogens is 2. The minimum Gasteiger partial charge on any atom is -0.462 e. The van der Waals surface area contributed by atoms with E-state index in [0.29, 0.717) is 5.56 Å². The van der Waals surface area contributed by atoms with Crippen molar-refractivity contribution in [3.8, 4) is 5.75 Å². The Morgan fingerprint density at radius 3 is 2.14 bits per heavy atom. The Hall–Kier alpha value is -1.38. The lowest BCUT2D eigenvalue weighted by molar-refractivity contribution is 0.156. The molecule has 1 aromatic carbocycles. The third-order valence-corrected chi connectivity index (χ3v) is 7.29. The summed E-state index contributed by atoms with van der Waals surface area (Å²) >= 11 is 0. The van der Waals surface area contributed by atoms with Crippen molar-refractivity contribution in [2.45, 2.75) is 96.8 Å². The average Bonchev–Trinajstić information content (AvgIpc) is 2.75. The summed E-state index contributed by atoms with van der Waals surface area (Å²) in [6, 6.07) is 3.33. The van der Waals surface area contributed by atoms with Crippen molar-refractivity contribution < 1.29 is 13.5 Å². The van der Waals surface area contributed by atoms with Crippen LogP contribution in [0.1, 0.15) is 102 Å². The molecule has 2 aliphatic rings. The SMILES string of the molecule is CCCC=COc1ccc(C2CCC(C3CCC(CCC)CC3)CC2)c(F)c1F. The van der Waals surface area contributed by atoms with E-state index in [0.717, 1.165) is 56.3 Å². The van der Waals surface area contributed by atoms with Gasteiger partial charge in [0.2, 0.25) is 5.82 Å². The average molecular weight is 405 g/mol. The summed E-state index contributed by atoms with van der Waals surface area (Å²) in [6.07, 6.45) is 17.7. The molecule has 0 unspecified atom stereocenters. The van der Waals surface area contributed by atoms with Gasteiger partial charge in [-0.25, -0.2) is 4.39 Å². The van der Waals surface area contributed by atoms with Crippen molar-refractivity contribution in [2.24, 2.45) is 17.8 Å². The molecule has 162 valence electrons. The Balaban J connectivity index is 1.53. The maximum Gasteiger partial charge on any atom is 0.201 e. The van der Waals surface area contributed by atoms with Crippen LogP contribution in [0, 0.1) is 29.4 Å². The number of hydrogen-bond donors (Lipinski definition) is 0. The van der Waals surface area contributed by atoms with E-state index in [1.807, 2.05) is 6.08 Å². The van der Waals surface area contributed by atoms with Crippen LogP contribution in [0.2, 0.25) is 0 Å². The molecule has 3 rings (SSSR count). The van der Waals surface area contributed by atoms with Crippen LogP contribution >= 0.6 is 0 Å². The van der Waals surface area contributed by atoms with Gasteiger partial charge in [0.1, 0.15) is 0 Å². The van der Waals surface area contributed by atoms with Gasteiger partial charge in [-0.05, 0) is 86.3 Å². The highest BCUT2D eigenvalue weighted by molar-refractivity contribution is 5.33. The third-order valence-electron chi connectivity index (χ3n) is 7.29. The summed E-state index contributed by atoms with van der Waals surface area (Å²) < 4.78 is 34.5. The first-order valence-electron chi connectivity index (χ1n) is 11.9. The molecule has 0 bridgehead atoms. The largest absolute Gasteiger partial charge is 0.462 e. The van der Waals surface area contributed by atoms with Gasteiger partial charge in [-0.1, -0.05) is 52.0 Å². The summed E-state index contributed by atoms with van der Waals surface area (Å²) in [7, 11) is 0. The molecule has 2 saturated carbocycles. The first kappa shape index (κ1) is 22.3. The van der Waals surface area contributed by atoms with E-state index in [-0.39, 0.29) is 11.7 Å². The highest BCUT2D eigenvalue weighted by Crippen LogP contribution is 2.45. The summed E-state index contributed by atoms with van der Waals surface area (Å²) in [6.45, 7) is 4.35. The molecule has 0 atom stereocenters. The molecule has 2 aliphatic carbocycles. The zero-order valence-electron chi connectivity index (χ0n) is 18.3. The van der Waals surface area contributed by atoms with E-state index in [2.05, 4.69) is 13.8 Å². The number of unbranched alkanes of at least 4 members (excludes halogenated alkanes) is 1. The Kier molecular flexibility index (Phi) is 8.56. The van der Waals surface area contributed by atoms with E-state index in [1.54, 1.807) is 12.1 Å². The molecular formula is C26H38F2O. The van der Waals surface area contributed by atoms with Crippen LogP contribution in [0.15, 0.2) is 24.5 Å². The second kappa shape index (κ2) is 11.1. The summed E-state index contributed by atoms with van der Waals surface area (Å²) in [5.74, 6) is 1.15. The highest BCUT2D eigenvalue weighted by atomic mass is 19.2. The first-order valence-corrected chi connectivity index (χ1v) is 11.9. The number of allylic oxidation sites excluding steroid dienone is 1. The fourth-order valence-electron chi connectivity index (χ4n) is 5.57. The van der Waals surface area contributed by atoms with Crippen LogP contribution in [0.3, 0.4) is 0 Å². The molecule has 0 spiro atoms. The molecule has 0 amide bonds. The van der Waals surface area contributed by atoms with E-state index >= 15 is 0 Å². The van der Waals surface area contributed by atoms with Crippen LogP contribution in [0.4, 0.5) is 8.78 Å². The number of hydrogen-bond acceptors (Lipinski definition) is 1. The molecule has 1 nitrogen and oxygen atoms in total. The van der Waals surface area contributed by atoms with Crippen LogP contribution in [-0.4, -0.2) is 0 Å². The minimum atomic E-state index is -0.847. The Morgan fingerprint density at radius 2 is 1.52 bits per heavy atom. The van der Waals surface area contributed by atoms with Crippen molar-refractivity contribution in [1.29, 1.82) is 0 Å². The number of ether oxygens (including phenoxy) is 1.